The quantitative estimate of drug-likeness (QED) is 0.0787. The molecule has 3 saturated heterocycles. The van der Waals surface area contributed by atoms with E-state index in [4.69, 9.17) is 56.9 Å². The van der Waals surface area contributed by atoms with Crippen LogP contribution in [0.2, 0.25) is 0 Å². The summed E-state index contributed by atoms with van der Waals surface area (Å²) in [5, 5.41) is 23.8. The monoisotopic (exact) mass is 889 g/mol. The van der Waals surface area contributed by atoms with Crippen molar-refractivity contribution >= 4 is 23.5 Å². The summed E-state index contributed by atoms with van der Waals surface area (Å²) in [6.45, 7) is 11.6. The molecule has 18 atom stereocenters. The van der Waals surface area contributed by atoms with Crippen LogP contribution in [0.4, 0.5) is 0 Å². The van der Waals surface area contributed by atoms with E-state index in [1.165, 1.54) is 53.6 Å². The highest BCUT2D eigenvalue weighted by Gasteiger charge is 2.58. The van der Waals surface area contributed by atoms with Crippen molar-refractivity contribution in [2.24, 2.45) is 23.7 Å². The van der Waals surface area contributed by atoms with Crippen molar-refractivity contribution < 1.29 is 86.3 Å². The predicted molar refractivity (Wildman–Crippen MR) is 217 cm³/mol. The Bertz CT molecular complexity index is 1510. The van der Waals surface area contributed by atoms with Gasteiger partial charge in [0.2, 0.25) is 0 Å². The number of methoxy groups -OCH3 is 4. The molecule has 8 unspecified atom stereocenters. The van der Waals surface area contributed by atoms with Crippen molar-refractivity contribution in [3.63, 3.8) is 0 Å². The Morgan fingerprint density at radius 2 is 1.56 bits per heavy atom. The minimum atomic E-state index is -1.45. The summed E-state index contributed by atoms with van der Waals surface area (Å²) in [5.41, 5.74) is -0.953. The van der Waals surface area contributed by atoms with Gasteiger partial charge >= 0.3 is 11.9 Å². The fraction of sp³-hybridized carbons (Fsp3) is 0.860. The SMILES string of the molecule is CCC1OC(=O)CC(=O)C(C)C(O[C@@H]2O[C@H](C)[C@@H](O)[C@H](N(C)OC)[C@H]2O)C(CC(OC)OC)CC(C)C(=O)/C=C/C2(C)OC2C1CO[C@@H]1O[C@H](C)[C@@H](OC(C)=O)[C@@H](OC)[C@@H]1OC. The second-order valence-electron chi connectivity index (χ2n) is 17.1. The van der Waals surface area contributed by atoms with Gasteiger partial charge in [0.25, 0.3) is 0 Å². The number of cyclic esters (lactones) is 1. The van der Waals surface area contributed by atoms with E-state index in [1.807, 2.05) is 13.8 Å². The number of ether oxygens (including phenoxy) is 11. The number of ketones is 2. The van der Waals surface area contributed by atoms with E-state index >= 15 is 0 Å². The predicted octanol–water partition coefficient (Wildman–Crippen LogP) is 1.90. The number of hydrogen-bond acceptors (Lipinski definition) is 19. The molecule has 4 aliphatic rings. The van der Waals surface area contributed by atoms with Gasteiger partial charge in [-0.05, 0) is 51.7 Å². The Morgan fingerprint density at radius 3 is 2.15 bits per heavy atom. The highest BCUT2D eigenvalue weighted by atomic mass is 16.7. The summed E-state index contributed by atoms with van der Waals surface area (Å²) in [6, 6.07) is -0.971. The van der Waals surface area contributed by atoms with Crippen LogP contribution in [0.15, 0.2) is 12.2 Å². The van der Waals surface area contributed by atoms with Gasteiger partial charge in [0.1, 0.15) is 48.3 Å². The first-order chi connectivity index (χ1) is 29.3. The zero-order valence-electron chi connectivity index (χ0n) is 38.5. The number of carbonyl (C=O) groups is 4. The average Bonchev–Trinajstić information content (AvgIpc) is 3.91. The molecule has 0 radical (unpaired) electrons. The number of rotatable bonds is 15. The number of Topliss-reactive ketones (excluding diaryl/α,β-unsaturated/α-hetero) is 1. The van der Waals surface area contributed by atoms with Crippen molar-refractivity contribution in [1.29, 1.82) is 0 Å². The third-order valence-corrected chi connectivity index (χ3v) is 12.8. The summed E-state index contributed by atoms with van der Waals surface area (Å²) in [6.07, 6.45) is -8.79. The van der Waals surface area contributed by atoms with E-state index in [0.717, 1.165) is 0 Å². The number of epoxide rings is 1. The van der Waals surface area contributed by atoms with Crippen LogP contribution in [0.25, 0.3) is 0 Å². The van der Waals surface area contributed by atoms with Crippen LogP contribution in [-0.4, -0.2) is 180 Å². The lowest BCUT2D eigenvalue weighted by molar-refractivity contribution is -0.326. The Morgan fingerprint density at radius 1 is 0.919 bits per heavy atom. The van der Waals surface area contributed by atoms with Crippen LogP contribution in [0, 0.1) is 23.7 Å². The van der Waals surface area contributed by atoms with Crippen molar-refractivity contribution in [1.82, 2.24) is 5.06 Å². The van der Waals surface area contributed by atoms with Gasteiger partial charge in [-0.25, -0.2) is 0 Å². The van der Waals surface area contributed by atoms with E-state index in [0.29, 0.717) is 6.42 Å². The standard InChI is InChI=1S/C43H71NO18/c1-14-30-27(20-56-42-39(54-12)38(53-11)37(24(5)58-42)59-25(6)45)40-43(7,62-40)16-15-28(46)21(2)17-26(18-32(51-9)52-10)36(22(3)29(47)19-31(48)60-30)61-41-35(50)33(44(8)55-13)34(49)23(4)57-41/h15-16,21-24,26-27,30,32-42,49-50H,14,17-20H2,1-13H3/b16-15+/t21?,22?,23-,24-,26?,27?,30?,33+,34-,35-,36?,37-,38-,39+,40?,41+,42-,43?/m1/s1. The second-order valence-corrected chi connectivity index (χ2v) is 17.1. The van der Waals surface area contributed by atoms with Crippen LogP contribution in [-0.2, 0) is 76.1 Å². The lowest BCUT2D eigenvalue weighted by atomic mass is 9.79. The van der Waals surface area contributed by atoms with Gasteiger partial charge < -0.3 is 67.2 Å². The molecule has 19 nitrogen and oxygen atoms in total. The number of hydrogen-bond donors (Lipinski definition) is 2. The zero-order chi connectivity index (χ0) is 46.2. The van der Waals surface area contributed by atoms with Crippen LogP contribution < -0.4 is 0 Å². The topological polar surface area (TPSA) is 226 Å². The minimum Gasteiger partial charge on any atom is -0.462 e. The van der Waals surface area contributed by atoms with Crippen LogP contribution >= 0.6 is 0 Å². The Balaban J connectivity index is 1.68. The lowest BCUT2D eigenvalue weighted by Crippen LogP contribution is -2.63. The van der Waals surface area contributed by atoms with Gasteiger partial charge in [0, 0.05) is 66.6 Å². The highest BCUT2D eigenvalue weighted by molar-refractivity contribution is 5.97. The summed E-state index contributed by atoms with van der Waals surface area (Å²) in [4.78, 5) is 59.3. The van der Waals surface area contributed by atoms with Crippen LogP contribution in [0.1, 0.15) is 74.1 Å². The molecule has 4 rings (SSSR count). The number of esters is 2. The second kappa shape index (κ2) is 23.1. The molecule has 3 fully saturated rings. The fourth-order valence-electron chi connectivity index (χ4n) is 8.98. The van der Waals surface area contributed by atoms with E-state index in [9.17, 15) is 29.4 Å². The Kier molecular flexibility index (Phi) is 19.4. The molecule has 0 aromatic carbocycles. The molecular formula is C43H71NO18. The van der Waals surface area contributed by atoms with Crippen LogP contribution in [0.3, 0.4) is 0 Å². The van der Waals surface area contributed by atoms with E-state index in [2.05, 4.69) is 0 Å². The van der Waals surface area contributed by atoms with E-state index < -0.39 is 139 Å². The molecule has 0 spiro atoms. The van der Waals surface area contributed by atoms with Crippen molar-refractivity contribution in [3.8, 4) is 0 Å². The highest BCUT2D eigenvalue weighted by Crippen LogP contribution is 2.46. The molecule has 0 aliphatic carbocycles. The smallest absolute Gasteiger partial charge is 0.313 e. The summed E-state index contributed by atoms with van der Waals surface area (Å²) < 4.78 is 65.6. The third-order valence-electron chi connectivity index (χ3n) is 12.8. The largest absolute Gasteiger partial charge is 0.462 e. The molecule has 62 heavy (non-hydrogen) atoms. The van der Waals surface area contributed by atoms with Crippen molar-refractivity contribution in [3.05, 3.63) is 12.2 Å². The molecule has 4 aliphatic heterocycles. The van der Waals surface area contributed by atoms with Crippen molar-refractivity contribution in [2.45, 2.75) is 166 Å². The molecule has 0 bridgehead atoms. The first-order valence-electron chi connectivity index (χ1n) is 21.4. The Labute approximate surface area is 365 Å². The number of carbonyl (C=O) groups excluding carboxylic acids is 4. The summed E-state index contributed by atoms with van der Waals surface area (Å²) >= 11 is 0. The molecule has 19 heteroatoms. The molecule has 0 saturated carbocycles. The zero-order valence-corrected chi connectivity index (χ0v) is 38.5. The minimum absolute atomic E-state index is 0.0612. The molecule has 0 aromatic heterocycles. The maximum absolute atomic E-state index is 14.3. The Hall–Kier alpha value is -2.50. The first kappa shape index (κ1) is 52.1. The van der Waals surface area contributed by atoms with E-state index in [-0.39, 0.29) is 25.2 Å². The number of likely N-dealkylation sites (N-methyl/N-ethyl adjacent to an activating group) is 1. The van der Waals surface area contributed by atoms with Gasteiger partial charge in [0.05, 0.1) is 44.2 Å². The van der Waals surface area contributed by atoms with Gasteiger partial charge in [0.15, 0.2) is 30.8 Å². The normalized spacial score (nSPS) is 41.8. The number of aliphatic hydroxyl groups is 2. The van der Waals surface area contributed by atoms with Gasteiger partial charge in [-0.3, -0.25) is 19.2 Å². The maximum atomic E-state index is 14.3. The number of hydroxylamine groups is 2. The molecule has 4 heterocycles. The third kappa shape index (κ3) is 12.4. The van der Waals surface area contributed by atoms with E-state index in [1.54, 1.807) is 40.8 Å². The first-order valence-corrected chi connectivity index (χ1v) is 21.4. The lowest BCUT2D eigenvalue weighted by Gasteiger charge is -2.46. The number of nitrogens with zero attached hydrogens (tertiary/aromatic N) is 1. The fourth-order valence-corrected chi connectivity index (χ4v) is 8.98. The molecule has 356 valence electrons. The van der Waals surface area contributed by atoms with Gasteiger partial charge in [-0.15, -0.1) is 0 Å². The number of allylic oxidation sites excluding steroid dienone is 1. The molecular weight excluding hydrogens is 818 g/mol. The average molecular weight is 890 g/mol. The molecule has 0 amide bonds. The summed E-state index contributed by atoms with van der Waals surface area (Å²) in [7, 11) is 8.81. The van der Waals surface area contributed by atoms with Crippen molar-refractivity contribution in [2.75, 3.05) is 49.2 Å². The maximum Gasteiger partial charge on any atom is 0.313 e. The molecule has 0 aromatic rings. The number of aliphatic hydroxyl groups excluding tert-OH is 2. The number of fused-ring (bicyclic) bond motifs is 1. The van der Waals surface area contributed by atoms with Gasteiger partial charge in [-0.1, -0.05) is 20.8 Å². The molecule has 2 N–H and O–H groups in total. The van der Waals surface area contributed by atoms with Gasteiger partial charge in [-0.2, -0.15) is 5.06 Å². The summed E-state index contributed by atoms with van der Waals surface area (Å²) in [5.74, 6) is -4.92. The van der Waals surface area contributed by atoms with Crippen LogP contribution in [0.5, 0.6) is 0 Å².